The molecule has 1 aliphatic rings. The molecule has 32 heavy (non-hydrogen) atoms. The number of aromatic nitrogens is 1. The summed E-state index contributed by atoms with van der Waals surface area (Å²) in [6.45, 7) is 0. The molecule has 1 aliphatic carbocycles. The quantitative estimate of drug-likeness (QED) is 0.350. The molecule has 0 fully saturated rings. The van der Waals surface area contributed by atoms with Crippen molar-refractivity contribution in [3.8, 4) is 5.75 Å². The van der Waals surface area contributed by atoms with Crippen molar-refractivity contribution in [2.24, 2.45) is 0 Å². The van der Waals surface area contributed by atoms with Gasteiger partial charge in [-0.15, -0.1) is 0 Å². The van der Waals surface area contributed by atoms with Crippen molar-refractivity contribution in [1.82, 2.24) is 4.98 Å². The maximum atomic E-state index is 13.6. The number of para-hydroxylation sites is 1. The average molecular weight is 418 g/mol. The first-order valence-corrected chi connectivity index (χ1v) is 10.8. The van der Waals surface area contributed by atoms with Crippen LogP contribution in [0.5, 0.6) is 5.75 Å². The summed E-state index contributed by atoms with van der Waals surface area (Å²) >= 11 is 0. The number of ketones is 1. The molecule has 0 saturated carbocycles. The number of rotatable bonds is 4. The van der Waals surface area contributed by atoms with Crippen LogP contribution in [0.25, 0.3) is 29.1 Å². The number of carbonyl (C=O) groups is 1. The van der Waals surface area contributed by atoms with E-state index in [4.69, 9.17) is 9.72 Å². The van der Waals surface area contributed by atoms with Crippen molar-refractivity contribution < 1.29 is 9.53 Å². The first-order chi connectivity index (χ1) is 15.7. The van der Waals surface area contributed by atoms with E-state index in [-0.39, 0.29) is 5.78 Å². The molecule has 0 bridgehead atoms. The lowest BCUT2D eigenvalue weighted by Gasteiger charge is -2.20. The Labute approximate surface area is 187 Å². The Morgan fingerprint density at radius 3 is 2.34 bits per heavy atom. The lowest BCUT2D eigenvalue weighted by Crippen LogP contribution is -2.17. The smallest absolute Gasteiger partial charge is 0.191 e. The molecule has 1 heterocycles. The van der Waals surface area contributed by atoms with Crippen molar-refractivity contribution in [3.63, 3.8) is 0 Å². The zero-order valence-corrected chi connectivity index (χ0v) is 17.9. The predicted octanol–water partition coefficient (Wildman–Crippen LogP) is 6.63. The second-order valence-electron chi connectivity index (χ2n) is 7.88. The molecule has 0 atom stereocenters. The SMILES string of the molecule is COc1ccc(/C=C/c2c3c(nc4ccccc24)CC/C(=C\c2ccccc2)C3=O)cc1. The van der Waals surface area contributed by atoms with E-state index in [1.165, 1.54) is 0 Å². The number of allylic oxidation sites excluding steroid dienone is 1. The second-order valence-corrected chi connectivity index (χ2v) is 7.88. The summed E-state index contributed by atoms with van der Waals surface area (Å²) in [6, 6.07) is 25.9. The summed E-state index contributed by atoms with van der Waals surface area (Å²) < 4.78 is 5.26. The van der Waals surface area contributed by atoms with Gasteiger partial charge >= 0.3 is 0 Å². The molecular formula is C29H23NO2. The van der Waals surface area contributed by atoms with E-state index < -0.39 is 0 Å². The highest BCUT2D eigenvalue weighted by molar-refractivity contribution is 6.17. The first-order valence-electron chi connectivity index (χ1n) is 10.8. The molecular weight excluding hydrogens is 394 g/mol. The van der Waals surface area contributed by atoms with Gasteiger partial charge in [-0.2, -0.15) is 0 Å². The number of ether oxygens (including phenoxy) is 1. The summed E-state index contributed by atoms with van der Waals surface area (Å²) in [7, 11) is 1.66. The number of carbonyl (C=O) groups excluding carboxylic acids is 1. The van der Waals surface area contributed by atoms with Gasteiger partial charge in [-0.05, 0) is 53.8 Å². The summed E-state index contributed by atoms with van der Waals surface area (Å²) in [5.74, 6) is 0.891. The Morgan fingerprint density at radius 2 is 1.56 bits per heavy atom. The van der Waals surface area contributed by atoms with Gasteiger partial charge in [0.2, 0.25) is 0 Å². The monoisotopic (exact) mass is 417 g/mol. The summed E-state index contributed by atoms with van der Waals surface area (Å²) in [4.78, 5) is 18.5. The first kappa shape index (κ1) is 20.0. The molecule has 0 radical (unpaired) electrons. The number of pyridine rings is 1. The fourth-order valence-electron chi connectivity index (χ4n) is 4.21. The summed E-state index contributed by atoms with van der Waals surface area (Å²) in [6.07, 6.45) is 7.57. The highest BCUT2D eigenvalue weighted by atomic mass is 16.5. The molecule has 3 heteroatoms. The van der Waals surface area contributed by atoms with Crippen molar-refractivity contribution in [3.05, 3.63) is 112 Å². The van der Waals surface area contributed by atoms with E-state index in [0.29, 0.717) is 6.42 Å². The van der Waals surface area contributed by atoms with E-state index in [1.54, 1.807) is 7.11 Å². The van der Waals surface area contributed by atoms with E-state index >= 15 is 0 Å². The van der Waals surface area contributed by atoms with Crippen LogP contribution in [0.3, 0.4) is 0 Å². The Balaban J connectivity index is 1.63. The van der Waals surface area contributed by atoms with E-state index in [1.807, 2.05) is 97.1 Å². The van der Waals surface area contributed by atoms with E-state index in [0.717, 1.165) is 56.6 Å². The van der Waals surface area contributed by atoms with Crippen LogP contribution in [-0.4, -0.2) is 17.9 Å². The average Bonchev–Trinajstić information content (AvgIpc) is 2.84. The highest BCUT2D eigenvalue weighted by Crippen LogP contribution is 2.33. The van der Waals surface area contributed by atoms with Crippen molar-refractivity contribution in [2.45, 2.75) is 12.8 Å². The van der Waals surface area contributed by atoms with Gasteiger partial charge in [-0.1, -0.05) is 72.8 Å². The zero-order valence-electron chi connectivity index (χ0n) is 17.9. The number of Topliss-reactive ketones (excluding diaryl/α,β-unsaturated/α-hetero) is 1. The second kappa shape index (κ2) is 8.64. The van der Waals surface area contributed by atoms with Gasteiger partial charge in [-0.25, -0.2) is 0 Å². The molecule has 0 N–H and O–H groups in total. The molecule has 0 amide bonds. The Morgan fingerprint density at radius 1 is 0.812 bits per heavy atom. The van der Waals surface area contributed by atoms with Crippen LogP contribution in [0.2, 0.25) is 0 Å². The molecule has 0 aliphatic heterocycles. The van der Waals surface area contributed by atoms with Crippen molar-refractivity contribution in [1.29, 1.82) is 0 Å². The molecule has 5 rings (SSSR count). The minimum atomic E-state index is 0.0720. The van der Waals surface area contributed by atoms with E-state index in [9.17, 15) is 4.79 Å². The number of hydrogen-bond donors (Lipinski definition) is 0. The lowest BCUT2D eigenvalue weighted by molar-refractivity contribution is 0.102. The standard InChI is InChI=1S/C29H23NO2/c1-32-23-15-11-20(12-16-23)13-17-25-24-9-5-6-10-26(24)30-27-18-14-22(29(31)28(25)27)19-21-7-3-2-4-8-21/h2-13,15-17,19H,14,18H2,1H3/b17-13+,22-19+. The van der Waals surface area contributed by atoms with Gasteiger partial charge in [0.05, 0.1) is 23.9 Å². The molecule has 0 unspecified atom stereocenters. The normalized spacial score (nSPS) is 14.8. The number of nitrogens with zero attached hydrogens (tertiary/aromatic N) is 1. The predicted molar refractivity (Wildman–Crippen MR) is 131 cm³/mol. The minimum Gasteiger partial charge on any atom is -0.497 e. The zero-order chi connectivity index (χ0) is 21.9. The molecule has 156 valence electrons. The van der Waals surface area contributed by atoms with Crippen LogP contribution in [0.1, 0.15) is 39.2 Å². The van der Waals surface area contributed by atoms with Gasteiger partial charge in [0.25, 0.3) is 0 Å². The molecule has 3 aromatic carbocycles. The van der Waals surface area contributed by atoms with Gasteiger partial charge in [-0.3, -0.25) is 9.78 Å². The lowest BCUT2D eigenvalue weighted by atomic mass is 9.84. The summed E-state index contributed by atoms with van der Waals surface area (Å²) in [5.41, 5.74) is 6.39. The Kier molecular flexibility index (Phi) is 5.39. The topological polar surface area (TPSA) is 39.2 Å². The Bertz CT molecular complexity index is 1350. The van der Waals surface area contributed by atoms with Crippen molar-refractivity contribution in [2.75, 3.05) is 7.11 Å². The van der Waals surface area contributed by atoms with Crippen LogP contribution < -0.4 is 4.74 Å². The van der Waals surface area contributed by atoms with E-state index in [2.05, 4.69) is 0 Å². The molecule has 3 nitrogen and oxygen atoms in total. The highest BCUT2D eigenvalue weighted by Gasteiger charge is 2.27. The fourth-order valence-corrected chi connectivity index (χ4v) is 4.21. The largest absolute Gasteiger partial charge is 0.497 e. The summed E-state index contributed by atoms with van der Waals surface area (Å²) in [5, 5.41) is 0.991. The van der Waals surface area contributed by atoms with Crippen LogP contribution in [0.4, 0.5) is 0 Å². The number of hydrogen-bond acceptors (Lipinski definition) is 3. The van der Waals surface area contributed by atoms with Crippen LogP contribution >= 0.6 is 0 Å². The molecule has 0 spiro atoms. The fraction of sp³-hybridized carbons (Fsp3) is 0.103. The Hall–Kier alpha value is -3.98. The van der Waals surface area contributed by atoms with Gasteiger partial charge in [0, 0.05) is 11.0 Å². The van der Waals surface area contributed by atoms with Crippen LogP contribution in [-0.2, 0) is 6.42 Å². The maximum absolute atomic E-state index is 13.6. The van der Waals surface area contributed by atoms with Crippen LogP contribution in [0, 0.1) is 0 Å². The number of aryl methyl sites for hydroxylation is 1. The third-order valence-electron chi connectivity index (χ3n) is 5.86. The number of fused-ring (bicyclic) bond motifs is 2. The number of benzene rings is 3. The van der Waals surface area contributed by atoms with Gasteiger partial charge in [0.1, 0.15) is 5.75 Å². The van der Waals surface area contributed by atoms with Gasteiger partial charge in [0.15, 0.2) is 5.78 Å². The molecule has 4 aromatic rings. The molecule has 1 aromatic heterocycles. The van der Waals surface area contributed by atoms with Crippen molar-refractivity contribution >= 4 is 34.9 Å². The third kappa shape index (κ3) is 3.85. The number of methoxy groups -OCH3 is 1. The third-order valence-corrected chi connectivity index (χ3v) is 5.86. The van der Waals surface area contributed by atoms with Gasteiger partial charge < -0.3 is 4.74 Å². The molecule has 0 saturated heterocycles. The minimum absolute atomic E-state index is 0.0720. The van der Waals surface area contributed by atoms with Crippen LogP contribution in [0.15, 0.2) is 84.4 Å². The maximum Gasteiger partial charge on any atom is 0.191 e.